The van der Waals surface area contributed by atoms with Gasteiger partial charge in [0.25, 0.3) is 0 Å². The Morgan fingerprint density at radius 1 is 1.19 bits per heavy atom. The first-order valence-corrected chi connectivity index (χ1v) is 6.59. The Kier molecular flexibility index (Phi) is 3.65. The summed E-state index contributed by atoms with van der Waals surface area (Å²) in [6.45, 7) is 6.79. The van der Waals surface area contributed by atoms with Crippen LogP contribution in [-0.2, 0) is 6.42 Å². The van der Waals surface area contributed by atoms with E-state index < -0.39 is 0 Å². The maximum Gasteiger partial charge on any atom is 0.0136 e. The van der Waals surface area contributed by atoms with Crippen LogP contribution in [0.1, 0.15) is 50.7 Å². The topological polar surface area (TPSA) is 12.0 Å². The van der Waals surface area contributed by atoms with E-state index in [2.05, 4.69) is 50.4 Å². The molecule has 0 bridgehead atoms. The molecular formula is C15H23N. The maximum atomic E-state index is 3.68. The highest BCUT2D eigenvalue weighted by atomic mass is 15.0. The first-order chi connectivity index (χ1) is 7.74. The van der Waals surface area contributed by atoms with Gasteiger partial charge in [-0.2, -0.15) is 0 Å². The van der Waals surface area contributed by atoms with Gasteiger partial charge in [-0.05, 0) is 37.3 Å². The van der Waals surface area contributed by atoms with Gasteiger partial charge in [-0.15, -0.1) is 0 Å². The summed E-state index contributed by atoms with van der Waals surface area (Å²) < 4.78 is 0. The Labute approximate surface area is 99.3 Å². The lowest BCUT2D eigenvalue weighted by Gasteiger charge is -2.18. The number of hydrogen-bond acceptors (Lipinski definition) is 1. The first-order valence-electron chi connectivity index (χ1n) is 6.59. The summed E-state index contributed by atoms with van der Waals surface area (Å²) >= 11 is 0. The van der Waals surface area contributed by atoms with Crippen LogP contribution in [0.2, 0.25) is 0 Å². The standard InChI is InChI=1S/C15H23N/c1-4-12-6-8-13(9-7-12)14-10-11(3)16-15(14)5-2/h6-9,11,14-16H,4-5,10H2,1-3H3. The zero-order chi connectivity index (χ0) is 11.5. The molecule has 1 fully saturated rings. The van der Waals surface area contributed by atoms with Crippen LogP contribution in [0.25, 0.3) is 0 Å². The maximum absolute atomic E-state index is 3.68. The van der Waals surface area contributed by atoms with Crippen molar-refractivity contribution < 1.29 is 0 Å². The SMILES string of the molecule is CCc1ccc(C2CC(C)NC2CC)cc1. The zero-order valence-corrected chi connectivity index (χ0v) is 10.7. The van der Waals surface area contributed by atoms with Crippen molar-refractivity contribution in [1.82, 2.24) is 5.32 Å². The van der Waals surface area contributed by atoms with Gasteiger partial charge in [0.2, 0.25) is 0 Å². The molecule has 1 aliphatic rings. The minimum absolute atomic E-state index is 0.667. The second kappa shape index (κ2) is 5.01. The van der Waals surface area contributed by atoms with Crippen LogP contribution in [-0.4, -0.2) is 12.1 Å². The first kappa shape index (κ1) is 11.7. The average molecular weight is 217 g/mol. The lowest BCUT2D eigenvalue weighted by molar-refractivity contribution is 0.517. The fourth-order valence-corrected chi connectivity index (χ4v) is 2.87. The van der Waals surface area contributed by atoms with Gasteiger partial charge < -0.3 is 5.32 Å². The van der Waals surface area contributed by atoms with E-state index >= 15 is 0 Å². The number of rotatable bonds is 3. The molecule has 3 atom stereocenters. The molecule has 1 heteroatoms. The molecule has 1 saturated heterocycles. The summed E-state index contributed by atoms with van der Waals surface area (Å²) in [6.07, 6.45) is 3.64. The van der Waals surface area contributed by atoms with E-state index in [1.165, 1.54) is 24.0 Å². The predicted molar refractivity (Wildman–Crippen MR) is 69.9 cm³/mol. The molecule has 16 heavy (non-hydrogen) atoms. The van der Waals surface area contributed by atoms with Crippen molar-refractivity contribution in [2.45, 2.75) is 58.0 Å². The summed E-state index contributed by atoms with van der Waals surface area (Å²) in [5.41, 5.74) is 2.96. The minimum Gasteiger partial charge on any atom is -0.311 e. The van der Waals surface area contributed by atoms with E-state index in [9.17, 15) is 0 Å². The van der Waals surface area contributed by atoms with Crippen LogP contribution in [0.15, 0.2) is 24.3 Å². The normalized spacial score (nSPS) is 29.6. The van der Waals surface area contributed by atoms with Gasteiger partial charge in [-0.3, -0.25) is 0 Å². The molecule has 1 heterocycles. The van der Waals surface area contributed by atoms with Crippen molar-refractivity contribution in [2.24, 2.45) is 0 Å². The van der Waals surface area contributed by atoms with Crippen molar-refractivity contribution in [1.29, 1.82) is 0 Å². The molecule has 1 nitrogen and oxygen atoms in total. The van der Waals surface area contributed by atoms with Crippen LogP contribution in [0, 0.1) is 0 Å². The smallest absolute Gasteiger partial charge is 0.0136 e. The molecule has 0 aliphatic carbocycles. The van der Waals surface area contributed by atoms with Crippen molar-refractivity contribution in [2.75, 3.05) is 0 Å². The van der Waals surface area contributed by atoms with Crippen LogP contribution in [0.4, 0.5) is 0 Å². The third kappa shape index (κ3) is 2.30. The summed E-state index contributed by atoms with van der Waals surface area (Å²) in [6, 6.07) is 10.6. The quantitative estimate of drug-likeness (QED) is 0.817. The summed E-state index contributed by atoms with van der Waals surface area (Å²) in [5.74, 6) is 0.714. The molecule has 1 aliphatic heterocycles. The molecule has 0 spiro atoms. The average Bonchev–Trinajstić information content (AvgIpc) is 2.70. The Bertz CT molecular complexity index is 328. The van der Waals surface area contributed by atoms with Crippen LogP contribution in [0.3, 0.4) is 0 Å². The Morgan fingerprint density at radius 3 is 2.44 bits per heavy atom. The van der Waals surface area contributed by atoms with E-state index in [4.69, 9.17) is 0 Å². The van der Waals surface area contributed by atoms with Gasteiger partial charge in [-0.1, -0.05) is 38.1 Å². The van der Waals surface area contributed by atoms with Crippen LogP contribution in [0.5, 0.6) is 0 Å². The van der Waals surface area contributed by atoms with Crippen molar-refractivity contribution in [3.8, 4) is 0 Å². The van der Waals surface area contributed by atoms with Crippen LogP contribution >= 0.6 is 0 Å². The van der Waals surface area contributed by atoms with Gasteiger partial charge in [0.15, 0.2) is 0 Å². The summed E-state index contributed by atoms with van der Waals surface area (Å²) in [4.78, 5) is 0. The molecule has 2 rings (SSSR count). The molecular weight excluding hydrogens is 194 g/mol. The van der Waals surface area contributed by atoms with Gasteiger partial charge in [-0.25, -0.2) is 0 Å². The fraction of sp³-hybridized carbons (Fsp3) is 0.600. The molecule has 0 amide bonds. The lowest BCUT2D eigenvalue weighted by atomic mass is 9.89. The molecule has 1 N–H and O–H groups in total. The molecule has 0 radical (unpaired) electrons. The van der Waals surface area contributed by atoms with Gasteiger partial charge in [0.1, 0.15) is 0 Å². The van der Waals surface area contributed by atoms with Crippen molar-refractivity contribution in [3.05, 3.63) is 35.4 Å². The van der Waals surface area contributed by atoms with Crippen LogP contribution < -0.4 is 5.32 Å². The largest absolute Gasteiger partial charge is 0.311 e. The van der Waals surface area contributed by atoms with E-state index in [1.807, 2.05) is 0 Å². The second-order valence-corrected chi connectivity index (χ2v) is 5.02. The molecule has 3 unspecified atom stereocenters. The number of aryl methyl sites for hydroxylation is 1. The zero-order valence-electron chi connectivity index (χ0n) is 10.7. The monoisotopic (exact) mass is 217 g/mol. The number of benzene rings is 1. The van der Waals surface area contributed by atoms with E-state index in [1.54, 1.807) is 0 Å². The highest BCUT2D eigenvalue weighted by molar-refractivity contribution is 5.27. The second-order valence-electron chi connectivity index (χ2n) is 5.02. The van der Waals surface area contributed by atoms with Crippen molar-refractivity contribution >= 4 is 0 Å². The molecule has 1 aromatic carbocycles. The number of nitrogens with one attached hydrogen (secondary N) is 1. The lowest BCUT2D eigenvalue weighted by Crippen LogP contribution is -2.28. The molecule has 1 aromatic rings. The third-order valence-corrected chi connectivity index (χ3v) is 3.85. The predicted octanol–water partition coefficient (Wildman–Crippen LogP) is 3.49. The minimum atomic E-state index is 0.667. The Hall–Kier alpha value is -0.820. The van der Waals surface area contributed by atoms with Gasteiger partial charge >= 0.3 is 0 Å². The van der Waals surface area contributed by atoms with E-state index in [-0.39, 0.29) is 0 Å². The van der Waals surface area contributed by atoms with E-state index in [0.717, 1.165) is 6.42 Å². The van der Waals surface area contributed by atoms with E-state index in [0.29, 0.717) is 18.0 Å². The number of hydrogen-bond donors (Lipinski definition) is 1. The Morgan fingerprint density at radius 2 is 1.88 bits per heavy atom. The highest BCUT2D eigenvalue weighted by Gasteiger charge is 2.30. The highest BCUT2D eigenvalue weighted by Crippen LogP contribution is 2.32. The summed E-state index contributed by atoms with van der Waals surface area (Å²) in [5, 5.41) is 3.68. The molecule has 0 aromatic heterocycles. The van der Waals surface area contributed by atoms with Gasteiger partial charge in [0, 0.05) is 18.0 Å². The van der Waals surface area contributed by atoms with Gasteiger partial charge in [0.05, 0.1) is 0 Å². The Balaban J connectivity index is 2.16. The molecule has 0 saturated carbocycles. The van der Waals surface area contributed by atoms with Crippen molar-refractivity contribution in [3.63, 3.8) is 0 Å². The third-order valence-electron chi connectivity index (χ3n) is 3.85. The fourth-order valence-electron chi connectivity index (χ4n) is 2.87. The summed E-state index contributed by atoms with van der Waals surface area (Å²) in [7, 11) is 0. The molecule has 88 valence electrons.